The van der Waals surface area contributed by atoms with Crippen molar-refractivity contribution in [1.82, 2.24) is 5.32 Å². The van der Waals surface area contributed by atoms with E-state index in [1.807, 2.05) is 48.2 Å². The number of fused-ring (bicyclic) bond motifs is 1. The molecule has 1 atom stereocenters. The summed E-state index contributed by atoms with van der Waals surface area (Å²) in [4.78, 5) is 14.5. The highest BCUT2D eigenvalue weighted by Gasteiger charge is 2.26. The van der Waals surface area contributed by atoms with Crippen LogP contribution in [0.4, 0.5) is 5.69 Å². The Morgan fingerprint density at radius 3 is 2.86 bits per heavy atom. The molecule has 0 aromatic heterocycles. The molecule has 1 heterocycles. The molecule has 0 bridgehead atoms. The van der Waals surface area contributed by atoms with E-state index in [9.17, 15) is 4.79 Å². The molecule has 0 saturated heterocycles. The molecule has 0 spiro atoms. The molecule has 1 amide bonds. The van der Waals surface area contributed by atoms with Crippen molar-refractivity contribution < 1.29 is 4.79 Å². The highest BCUT2D eigenvalue weighted by molar-refractivity contribution is 9.10. The number of nitrogens with zero attached hydrogens (tertiary/aromatic N) is 1. The van der Waals surface area contributed by atoms with Gasteiger partial charge in [-0.1, -0.05) is 46.3 Å². The SMILES string of the molecule is CC1NCc2ccccc2N(Cc2cccc(Br)c2)C1=O. The Morgan fingerprint density at radius 1 is 1.24 bits per heavy atom. The molecule has 4 heteroatoms. The summed E-state index contributed by atoms with van der Waals surface area (Å²) in [5.74, 6) is 0.111. The monoisotopic (exact) mass is 344 g/mol. The summed E-state index contributed by atoms with van der Waals surface area (Å²) < 4.78 is 1.03. The van der Waals surface area contributed by atoms with E-state index in [0.29, 0.717) is 6.54 Å². The van der Waals surface area contributed by atoms with Crippen LogP contribution in [0.3, 0.4) is 0 Å². The molecule has 1 unspecified atom stereocenters. The topological polar surface area (TPSA) is 32.3 Å². The van der Waals surface area contributed by atoms with Crippen molar-refractivity contribution in [2.24, 2.45) is 0 Å². The summed E-state index contributed by atoms with van der Waals surface area (Å²) >= 11 is 3.49. The zero-order valence-electron chi connectivity index (χ0n) is 11.8. The number of amides is 1. The number of halogens is 1. The Morgan fingerprint density at radius 2 is 2.05 bits per heavy atom. The second-order valence-electron chi connectivity index (χ2n) is 5.29. The predicted molar refractivity (Wildman–Crippen MR) is 88.1 cm³/mol. The number of para-hydroxylation sites is 1. The van der Waals surface area contributed by atoms with Gasteiger partial charge in [-0.3, -0.25) is 4.79 Å². The van der Waals surface area contributed by atoms with Crippen molar-refractivity contribution in [3.05, 3.63) is 64.1 Å². The third-order valence-corrected chi connectivity index (χ3v) is 4.24. The lowest BCUT2D eigenvalue weighted by molar-refractivity contribution is -0.120. The van der Waals surface area contributed by atoms with Crippen LogP contribution >= 0.6 is 15.9 Å². The van der Waals surface area contributed by atoms with Gasteiger partial charge in [0.25, 0.3) is 0 Å². The van der Waals surface area contributed by atoms with E-state index in [1.54, 1.807) is 0 Å². The average molecular weight is 345 g/mol. The molecule has 21 heavy (non-hydrogen) atoms. The minimum Gasteiger partial charge on any atom is -0.306 e. The standard InChI is InChI=1S/C17H17BrN2O/c1-12-17(21)20(11-13-5-4-7-15(18)9-13)16-8-3-2-6-14(16)10-19-12/h2-9,12,19H,10-11H2,1H3. The van der Waals surface area contributed by atoms with E-state index in [2.05, 4.69) is 33.4 Å². The second kappa shape index (κ2) is 6.00. The van der Waals surface area contributed by atoms with Gasteiger partial charge >= 0.3 is 0 Å². The maximum Gasteiger partial charge on any atom is 0.244 e. The molecule has 2 aromatic carbocycles. The van der Waals surface area contributed by atoms with E-state index in [4.69, 9.17) is 0 Å². The Kier molecular flexibility index (Phi) is 4.08. The Labute approximate surface area is 133 Å². The number of hydrogen-bond donors (Lipinski definition) is 1. The number of carbonyl (C=O) groups is 1. The lowest BCUT2D eigenvalue weighted by Crippen LogP contribution is -2.42. The first kappa shape index (κ1) is 14.3. The summed E-state index contributed by atoms with van der Waals surface area (Å²) in [5, 5.41) is 3.28. The van der Waals surface area contributed by atoms with Crippen molar-refractivity contribution in [2.45, 2.75) is 26.1 Å². The number of benzene rings is 2. The van der Waals surface area contributed by atoms with Gasteiger partial charge in [-0.2, -0.15) is 0 Å². The molecule has 108 valence electrons. The minimum absolute atomic E-state index is 0.111. The van der Waals surface area contributed by atoms with Gasteiger partial charge in [0.2, 0.25) is 5.91 Å². The van der Waals surface area contributed by atoms with Gasteiger partial charge in [0, 0.05) is 16.7 Å². The summed E-state index contributed by atoms with van der Waals surface area (Å²) in [7, 11) is 0. The van der Waals surface area contributed by atoms with Crippen molar-refractivity contribution in [3.8, 4) is 0 Å². The van der Waals surface area contributed by atoms with Crippen LogP contribution in [0.5, 0.6) is 0 Å². The highest BCUT2D eigenvalue weighted by Crippen LogP contribution is 2.26. The molecule has 0 radical (unpaired) electrons. The Hall–Kier alpha value is -1.65. The Bertz CT molecular complexity index is 671. The maximum absolute atomic E-state index is 12.6. The van der Waals surface area contributed by atoms with Gasteiger partial charge in [0.15, 0.2) is 0 Å². The third kappa shape index (κ3) is 3.01. The fourth-order valence-corrected chi connectivity index (χ4v) is 3.05. The molecule has 1 aliphatic rings. The van der Waals surface area contributed by atoms with Crippen LogP contribution in [0.15, 0.2) is 53.0 Å². The van der Waals surface area contributed by atoms with Crippen molar-refractivity contribution in [2.75, 3.05) is 4.90 Å². The average Bonchev–Trinajstić information content (AvgIpc) is 2.60. The normalized spacial score (nSPS) is 18.3. The first-order valence-electron chi connectivity index (χ1n) is 7.02. The summed E-state index contributed by atoms with van der Waals surface area (Å²) in [6, 6.07) is 16.0. The Balaban J connectivity index is 1.99. The smallest absolute Gasteiger partial charge is 0.244 e. The minimum atomic E-state index is -0.176. The quantitative estimate of drug-likeness (QED) is 0.904. The highest BCUT2D eigenvalue weighted by atomic mass is 79.9. The van der Waals surface area contributed by atoms with Crippen LogP contribution in [-0.2, 0) is 17.9 Å². The molecular weight excluding hydrogens is 328 g/mol. The molecule has 1 N–H and O–H groups in total. The number of hydrogen-bond acceptors (Lipinski definition) is 2. The van der Waals surface area contributed by atoms with Gasteiger partial charge in [-0.15, -0.1) is 0 Å². The van der Waals surface area contributed by atoms with E-state index < -0.39 is 0 Å². The molecule has 1 aliphatic heterocycles. The zero-order valence-corrected chi connectivity index (χ0v) is 13.4. The number of carbonyl (C=O) groups excluding carboxylic acids is 1. The first-order valence-corrected chi connectivity index (χ1v) is 7.81. The lowest BCUT2D eigenvalue weighted by atomic mass is 10.1. The summed E-state index contributed by atoms with van der Waals surface area (Å²) in [6.45, 7) is 3.22. The van der Waals surface area contributed by atoms with Crippen molar-refractivity contribution in [1.29, 1.82) is 0 Å². The van der Waals surface area contributed by atoms with Gasteiger partial charge in [0.1, 0.15) is 0 Å². The fraction of sp³-hybridized carbons (Fsp3) is 0.235. The molecule has 0 aliphatic carbocycles. The van der Waals surface area contributed by atoms with Gasteiger partial charge in [0.05, 0.1) is 12.6 Å². The molecular formula is C17H17BrN2O. The van der Waals surface area contributed by atoms with Crippen molar-refractivity contribution in [3.63, 3.8) is 0 Å². The number of anilines is 1. The molecule has 0 saturated carbocycles. The van der Waals surface area contributed by atoms with Crippen LogP contribution in [0, 0.1) is 0 Å². The summed E-state index contributed by atoms with van der Waals surface area (Å²) in [6.07, 6.45) is 0. The summed E-state index contributed by atoms with van der Waals surface area (Å²) in [5.41, 5.74) is 3.27. The molecule has 0 fully saturated rings. The van der Waals surface area contributed by atoms with Crippen LogP contribution in [0.2, 0.25) is 0 Å². The molecule has 3 nitrogen and oxygen atoms in total. The van der Waals surface area contributed by atoms with E-state index in [0.717, 1.165) is 27.8 Å². The predicted octanol–water partition coefficient (Wildman–Crippen LogP) is 3.47. The second-order valence-corrected chi connectivity index (χ2v) is 6.20. The number of rotatable bonds is 2. The lowest BCUT2D eigenvalue weighted by Gasteiger charge is -2.24. The van der Waals surface area contributed by atoms with Gasteiger partial charge in [-0.25, -0.2) is 0 Å². The van der Waals surface area contributed by atoms with Crippen LogP contribution in [-0.4, -0.2) is 11.9 Å². The number of nitrogens with one attached hydrogen (secondary N) is 1. The van der Waals surface area contributed by atoms with E-state index in [-0.39, 0.29) is 11.9 Å². The van der Waals surface area contributed by atoms with Crippen molar-refractivity contribution >= 4 is 27.5 Å². The maximum atomic E-state index is 12.6. The fourth-order valence-electron chi connectivity index (χ4n) is 2.61. The molecule has 2 aromatic rings. The van der Waals surface area contributed by atoms with E-state index >= 15 is 0 Å². The van der Waals surface area contributed by atoms with Gasteiger partial charge in [-0.05, 0) is 36.2 Å². The van der Waals surface area contributed by atoms with Crippen LogP contribution in [0.25, 0.3) is 0 Å². The van der Waals surface area contributed by atoms with Crippen LogP contribution in [0.1, 0.15) is 18.1 Å². The van der Waals surface area contributed by atoms with Gasteiger partial charge < -0.3 is 10.2 Å². The van der Waals surface area contributed by atoms with E-state index in [1.165, 1.54) is 0 Å². The third-order valence-electron chi connectivity index (χ3n) is 3.75. The zero-order chi connectivity index (χ0) is 14.8. The largest absolute Gasteiger partial charge is 0.306 e. The van der Waals surface area contributed by atoms with Crippen LogP contribution < -0.4 is 10.2 Å². The first-order chi connectivity index (χ1) is 10.1. The molecule has 3 rings (SSSR count).